The van der Waals surface area contributed by atoms with Crippen LogP contribution < -0.4 is 20.7 Å². The molecule has 11 heteroatoms. The highest BCUT2D eigenvalue weighted by atomic mass is 79.9. The Morgan fingerprint density at radius 3 is 2.67 bits per heavy atom. The van der Waals surface area contributed by atoms with Crippen LogP contribution in [0.1, 0.15) is 0 Å². The molecule has 21 heavy (non-hydrogen) atoms. The Morgan fingerprint density at radius 2 is 2.05 bits per heavy atom. The molecule has 0 radical (unpaired) electrons. The molecule has 0 aliphatic carbocycles. The van der Waals surface area contributed by atoms with Gasteiger partial charge in [0.05, 0.1) is 12.0 Å². The molecular weight excluding hydrogens is 348 g/mol. The molecule has 0 atom stereocenters. The molecule has 0 saturated carbocycles. The monoisotopic (exact) mass is 356 g/mol. The number of nitro groups is 1. The quantitative estimate of drug-likeness (QED) is 0.464. The number of hydrogen-bond acceptors (Lipinski definition) is 9. The largest absolute Gasteiger partial charge is 0.467 e. The first-order valence-electron chi connectivity index (χ1n) is 5.42. The fourth-order valence-electron chi connectivity index (χ4n) is 1.36. The van der Waals surface area contributed by atoms with Gasteiger partial charge in [0.1, 0.15) is 0 Å². The Balaban J connectivity index is 2.40. The van der Waals surface area contributed by atoms with Gasteiger partial charge in [-0.2, -0.15) is 9.97 Å². The normalized spacial score (nSPS) is 10.0. The minimum Gasteiger partial charge on any atom is -0.467 e. The lowest BCUT2D eigenvalue weighted by atomic mass is 10.3. The number of aromatic nitrogens is 3. The molecule has 1 heterocycles. The molecule has 1 aromatic heterocycles. The third-order valence-electron chi connectivity index (χ3n) is 2.22. The van der Waals surface area contributed by atoms with Crippen LogP contribution in [0, 0.1) is 10.1 Å². The SMILES string of the molecule is COc1nc(NN)nc(Oc2ccc(Br)cc2[N+](=O)[O-])n1. The molecule has 110 valence electrons. The number of nitrogens with one attached hydrogen (secondary N) is 1. The van der Waals surface area contributed by atoms with E-state index in [0.29, 0.717) is 4.47 Å². The number of ether oxygens (including phenoxy) is 2. The lowest BCUT2D eigenvalue weighted by Gasteiger charge is -2.07. The van der Waals surface area contributed by atoms with Crippen molar-refractivity contribution in [1.82, 2.24) is 15.0 Å². The second-order valence-corrected chi connectivity index (χ2v) is 4.46. The van der Waals surface area contributed by atoms with Crippen molar-refractivity contribution in [2.75, 3.05) is 12.5 Å². The summed E-state index contributed by atoms with van der Waals surface area (Å²) in [4.78, 5) is 21.8. The van der Waals surface area contributed by atoms with Crippen molar-refractivity contribution in [3.63, 3.8) is 0 Å². The van der Waals surface area contributed by atoms with E-state index in [4.69, 9.17) is 15.3 Å². The summed E-state index contributed by atoms with van der Waals surface area (Å²) in [6.07, 6.45) is 0. The standard InChI is InChI=1S/C10H9BrN6O4/c1-20-9-13-8(16-12)14-10(15-9)21-7-3-2-5(11)4-6(7)17(18)19/h2-4H,12H2,1H3,(H,13,14,15,16). The van der Waals surface area contributed by atoms with Gasteiger partial charge in [-0.15, -0.1) is 4.98 Å². The van der Waals surface area contributed by atoms with E-state index in [1.807, 2.05) is 0 Å². The summed E-state index contributed by atoms with van der Waals surface area (Å²) < 4.78 is 10.7. The highest BCUT2D eigenvalue weighted by Gasteiger charge is 2.18. The van der Waals surface area contributed by atoms with Crippen molar-refractivity contribution >= 4 is 27.6 Å². The van der Waals surface area contributed by atoms with Crippen molar-refractivity contribution in [2.45, 2.75) is 0 Å². The molecule has 10 nitrogen and oxygen atoms in total. The number of methoxy groups -OCH3 is 1. The zero-order valence-electron chi connectivity index (χ0n) is 10.6. The van der Waals surface area contributed by atoms with E-state index < -0.39 is 4.92 Å². The van der Waals surface area contributed by atoms with E-state index >= 15 is 0 Å². The van der Waals surface area contributed by atoms with Gasteiger partial charge in [-0.25, -0.2) is 5.84 Å². The number of nitro benzene ring substituents is 1. The lowest BCUT2D eigenvalue weighted by molar-refractivity contribution is -0.385. The van der Waals surface area contributed by atoms with Gasteiger partial charge in [0, 0.05) is 10.5 Å². The first-order valence-corrected chi connectivity index (χ1v) is 6.21. The summed E-state index contributed by atoms with van der Waals surface area (Å²) in [5, 5.41) is 11.0. The molecular formula is C10H9BrN6O4. The van der Waals surface area contributed by atoms with Crippen LogP contribution >= 0.6 is 15.9 Å². The van der Waals surface area contributed by atoms with E-state index in [0.717, 1.165) is 0 Å². The maximum absolute atomic E-state index is 11.0. The Kier molecular flexibility index (Phi) is 4.45. The summed E-state index contributed by atoms with van der Waals surface area (Å²) in [6.45, 7) is 0. The summed E-state index contributed by atoms with van der Waals surface area (Å²) >= 11 is 3.15. The van der Waals surface area contributed by atoms with Crippen molar-refractivity contribution in [2.24, 2.45) is 5.84 Å². The number of anilines is 1. The summed E-state index contributed by atoms with van der Waals surface area (Å²) in [5.74, 6) is 5.17. The van der Waals surface area contributed by atoms with Crippen LogP contribution in [0.25, 0.3) is 0 Å². The maximum atomic E-state index is 11.0. The number of nitrogen functional groups attached to an aromatic ring is 1. The zero-order chi connectivity index (χ0) is 15.4. The van der Waals surface area contributed by atoms with Gasteiger partial charge in [-0.3, -0.25) is 15.5 Å². The van der Waals surface area contributed by atoms with Gasteiger partial charge in [0.15, 0.2) is 0 Å². The average molecular weight is 357 g/mol. The zero-order valence-corrected chi connectivity index (χ0v) is 12.2. The van der Waals surface area contributed by atoms with Gasteiger partial charge >= 0.3 is 17.7 Å². The highest BCUT2D eigenvalue weighted by molar-refractivity contribution is 9.10. The second kappa shape index (κ2) is 6.28. The summed E-state index contributed by atoms with van der Waals surface area (Å²) in [7, 11) is 1.35. The number of nitrogens with zero attached hydrogens (tertiary/aromatic N) is 4. The van der Waals surface area contributed by atoms with E-state index in [-0.39, 0.29) is 29.4 Å². The lowest BCUT2D eigenvalue weighted by Crippen LogP contribution is -2.12. The minimum atomic E-state index is -0.583. The number of hydrazine groups is 1. The average Bonchev–Trinajstić information content (AvgIpc) is 2.48. The third kappa shape index (κ3) is 3.52. The molecule has 0 amide bonds. The number of hydrogen-bond donors (Lipinski definition) is 2. The number of halogens is 1. The van der Waals surface area contributed by atoms with Crippen LogP contribution in [0.5, 0.6) is 17.8 Å². The minimum absolute atomic E-state index is 0.00313. The predicted molar refractivity (Wildman–Crippen MR) is 75.1 cm³/mol. The molecule has 2 rings (SSSR count). The third-order valence-corrected chi connectivity index (χ3v) is 2.72. The van der Waals surface area contributed by atoms with Crippen LogP contribution in [-0.4, -0.2) is 27.0 Å². The predicted octanol–water partition coefficient (Wildman–Crippen LogP) is 1.63. The molecule has 0 saturated heterocycles. The highest BCUT2D eigenvalue weighted by Crippen LogP contribution is 2.32. The van der Waals surface area contributed by atoms with Gasteiger partial charge < -0.3 is 9.47 Å². The van der Waals surface area contributed by atoms with E-state index in [2.05, 4.69) is 36.3 Å². The summed E-state index contributed by atoms with van der Waals surface area (Å²) in [5.41, 5.74) is 1.97. The van der Waals surface area contributed by atoms with E-state index in [9.17, 15) is 10.1 Å². The van der Waals surface area contributed by atoms with Crippen LogP contribution in [-0.2, 0) is 0 Å². The molecule has 0 unspecified atom stereocenters. The summed E-state index contributed by atoms with van der Waals surface area (Å²) in [6, 6.07) is 4.06. The molecule has 3 N–H and O–H groups in total. The van der Waals surface area contributed by atoms with Crippen molar-refractivity contribution in [3.8, 4) is 17.8 Å². The fourth-order valence-corrected chi connectivity index (χ4v) is 1.71. The van der Waals surface area contributed by atoms with Gasteiger partial charge in [0.2, 0.25) is 11.7 Å². The van der Waals surface area contributed by atoms with Crippen molar-refractivity contribution in [3.05, 3.63) is 32.8 Å². The molecule has 0 bridgehead atoms. The number of benzene rings is 1. The van der Waals surface area contributed by atoms with Crippen LogP contribution in [0.4, 0.5) is 11.6 Å². The Morgan fingerprint density at radius 1 is 1.33 bits per heavy atom. The smallest absolute Gasteiger partial charge is 0.330 e. The van der Waals surface area contributed by atoms with Crippen LogP contribution in [0.2, 0.25) is 0 Å². The molecule has 0 spiro atoms. The van der Waals surface area contributed by atoms with Gasteiger partial charge in [-0.1, -0.05) is 15.9 Å². The molecule has 0 aliphatic rings. The van der Waals surface area contributed by atoms with Gasteiger partial charge in [-0.05, 0) is 12.1 Å². The first kappa shape index (κ1) is 14.9. The van der Waals surface area contributed by atoms with Crippen molar-refractivity contribution < 1.29 is 14.4 Å². The molecule has 0 fully saturated rings. The van der Waals surface area contributed by atoms with Crippen LogP contribution in [0.3, 0.4) is 0 Å². The van der Waals surface area contributed by atoms with Crippen molar-refractivity contribution in [1.29, 1.82) is 0 Å². The first-order chi connectivity index (χ1) is 10.0. The van der Waals surface area contributed by atoms with E-state index in [1.165, 1.54) is 19.2 Å². The Labute approximate surface area is 126 Å². The number of rotatable bonds is 5. The fraction of sp³-hybridized carbons (Fsp3) is 0.100. The maximum Gasteiger partial charge on any atom is 0.330 e. The molecule has 1 aromatic carbocycles. The second-order valence-electron chi connectivity index (χ2n) is 3.54. The Hall–Kier alpha value is -2.53. The molecule has 2 aromatic rings. The Bertz CT molecular complexity index is 660. The topological polar surface area (TPSA) is 138 Å². The number of nitrogens with two attached hydrogens (primary N) is 1. The van der Waals surface area contributed by atoms with E-state index in [1.54, 1.807) is 6.07 Å². The van der Waals surface area contributed by atoms with Crippen LogP contribution in [0.15, 0.2) is 22.7 Å². The van der Waals surface area contributed by atoms with Gasteiger partial charge in [0.25, 0.3) is 0 Å². The molecule has 0 aliphatic heterocycles.